The molecular formula is C17H24ClN3O2. The van der Waals surface area contributed by atoms with Gasteiger partial charge in [0.15, 0.2) is 0 Å². The quantitative estimate of drug-likeness (QED) is 0.764. The highest BCUT2D eigenvalue weighted by molar-refractivity contribution is 6.30. The topological polar surface area (TPSA) is 61.4 Å². The summed E-state index contributed by atoms with van der Waals surface area (Å²) in [7, 11) is 1.77. The summed E-state index contributed by atoms with van der Waals surface area (Å²) in [4.78, 5) is 25.6. The van der Waals surface area contributed by atoms with E-state index in [1.165, 1.54) is 0 Å². The molecule has 0 aromatic heterocycles. The van der Waals surface area contributed by atoms with Gasteiger partial charge in [-0.25, -0.2) is 0 Å². The summed E-state index contributed by atoms with van der Waals surface area (Å²) >= 11 is 5.89. The van der Waals surface area contributed by atoms with Crippen LogP contribution in [-0.2, 0) is 9.59 Å². The first kappa shape index (κ1) is 17.8. The second-order valence-corrected chi connectivity index (χ2v) is 6.53. The lowest BCUT2D eigenvalue weighted by Crippen LogP contribution is -2.42. The van der Waals surface area contributed by atoms with Crippen molar-refractivity contribution in [2.24, 2.45) is 0 Å². The summed E-state index contributed by atoms with van der Waals surface area (Å²) in [6, 6.07) is 7.78. The summed E-state index contributed by atoms with van der Waals surface area (Å²) < 4.78 is 0. The van der Waals surface area contributed by atoms with E-state index in [9.17, 15) is 9.59 Å². The number of hydrogen-bond acceptors (Lipinski definition) is 3. The summed E-state index contributed by atoms with van der Waals surface area (Å²) in [5.41, 5.74) is 1.03. The highest BCUT2D eigenvalue weighted by Gasteiger charge is 2.24. The molecule has 1 aromatic carbocycles. The normalized spacial score (nSPS) is 15.3. The van der Waals surface area contributed by atoms with Gasteiger partial charge in [-0.3, -0.25) is 14.5 Å². The van der Waals surface area contributed by atoms with Crippen LogP contribution in [0, 0.1) is 0 Å². The molecule has 23 heavy (non-hydrogen) atoms. The maximum Gasteiger partial charge on any atom is 0.234 e. The molecule has 126 valence electrons. The van der Waals surface area contributed by atoms with Gasteiger partial charge in [0.25, 0.3) is 0 Å². The minimum Gasteiger partial charge on any atom is -0.352 e. The molecule has 1 unspecified atom stereocenters. The van der Waals surface area contributed by atoms with Crippen molar-refractivity contribution in [1.29, 1.82) is 0 Å². The van der Waals surface area contributed by atoms with Crippen LogP contribution < -0.4 is 10.6 Å². The van der Waals surface area contributed by atoms with Gasteiger partial charge in [-0.15, -0.1) is 0 Å². The molecule has 1 aliphatic carbocycles. The average molecular weight is 338 g/mol. The number of carbonyl (C=O) groups is 2. The standard InChI is InChI=1S/C17H24ClN3O2/c1-3-15(12-4-6-13(18)7-5-12)20-17(23)11-21(2)10-16(22)19-14-8-9-14/h4-7,14-15H,3,8-11H2,1-2H3,(H,19,22)(H,20,23). The first-order valence-corrected chi connectivity index (χ1v) is 8.38. The predicted octanol–water partition coefficient (Wildman–Crippen LogP) is 2.12. The van der Waals surface area contributed by atoms with Crippen LogP contribution in [0.4, 0.5) is 0 Å². The van der Waals surface area contributed by atoms with Gasteiger partial charge >= 0.3 is 0 Å². The molecule has 1 aliphatic rings. The number of nitrogens with zero attached hydrogens (tertiary/aromatic N) is 1. The van der Waals surface area contributed by atoms with Crippen LogP contribution in [0.5, 0.6) is 0 Å². The number of carbonyl (C=O) groups excluding carboxylic acids is 2. The van der Waals surface area contributed by atoms with Crippen molar-refractivity contribution < 1.29 is 9.59 Å². The fraction of sp³-hybridized carbons (Fsp3) is 0.529. The van der Waals surface area contributed by atoms with Gasteiger partial charge in [0.2, 0.25) is 11.8 Å². The molecule has 0 bridgehead atoms. The van der Waals surface area contributed by atoms with Crippen molar-refractivity contribution in [3.63, 3.8) is 0 Å². The number of halogens is 1. The van der Waals surface area contributed by atoms with Gasteiger partial charge in [0, 0.05) is 11.1 Å². The molecular weight excluding hydrogens is 314 g/mol. The second kappa shape index (κ2) is 8.31. The van der Waals surface area contributed by atoms with Crippen LogP contribution in [0.1, 0.15) is 37.8 Å². The molecule has 0 saturated heterocycles. The van der Waals surface area contributed by atoms with Crippen molar-refractivity contribution in [3.05, 3.63) is 34.9 Å². The Bertz CT molecular complexity index is 543. The highest BCUT2D eigenvalue weighted by Crippen LogP contribution is 2.19. The predicted molar refractivity (Wildman–Crippen MR) is 91.3 cm³/mol. The van der Waals surface area contributed by atoms with Gasteiger partial charge in [-0.1, -0.05) is 30.7 Å². The van der Waals surface area contributed by atoms with E-state index in [0.29, 0.717) is 11.1 Å². The van der Waals surface area contributed by atoms with Gasteiger partial charge in [-0.2, -0.15) is 0 Å². The van der Waals surface area contributed by atoms with E-state index in [4.69, 9.17) is 11.6 Å². The Labute approximate surface area is 142 Å². The van der Waals surface area contributed by atoms with Gasteiger partial charge < -0.3 is 10.6 Å². The summed E-state index contributed by atoms with van der Waals surface area (Å²) in [6.45, 7) is 2.45. The first-order chi connectivity index (χ1) is 11.0. The summed E-state index contributed by atoms with van der Waals surface area (Å²) in [5.74, 6) is -0.110. The fourth-order valence-electron chi connectivity index (χ4n) is 2.40. The molecule has 0 radical (unpaired) electrons. The molecule has 1 saturated carbocycles. The molecule has 2 amide bonds. The number of amides is 2. The lowest BCUT2D eigenvalue weighted by Gasteiger charge is -2.20. The van der Waals surface area contributed by atoms with E-state index < -0.39 is 0 Å². The molecule has 1 fully saturated rings. The van der Waals surface area contributed by atoms with Crippen molar-refractivity contribution in [1.82, 2.24) is 15.5 Å². The number of rotatable bonds is 8. The highest BCUT2D eigenvalue weighted by atomic mass is 35.5. The van der Waals surface area contributed by atoms with E-state index in [0.717, 1.165) is 24.8 Å². The molecule has 1 aromatic rings. The van der Waals surface area contributed by atoms with Crippen LogP contribution in [0.15, 0.2) is 24.3 Å². The van der Waals surface area contributed by atoms with Crippen molar-refractivity contribution >= 4 is 23.4 Å². The fourth-order valence-corrected chi connectivity index (χ4v) is 2.53. The lowest BCUT2D eigenvalue weighted by atomic mass is 10.0. The van der Waals surface area contributed by atoms with E-state index in [1.54, 1.807) is 11.9 Å². The Morgan fingerprint density at radius 2 is 1.83 bits per heavy atom. The largest absolute Gasteiger partial charge is 0.352 e. The molecule has 2 rings (SSSR count). The Balaban J connectivity index is 1.79. The van der Waals surface area contributed by atoms with Gasteiger partial charge in [0.1, 0.15) is 0 Å². The van der Waals surface area contributed by atoms with Gasteiger partial charge in [0.05, 0.1) is 19.1 Å². The van der Waals surface area contributed by atoms with Crippen molar-refractivity contribution in [3.8, 4) is 0 Å². The Kier molecular flexibility index (Phi) is 6.42. The monoisotopic (exact) mass is 337 g/mol. The maximum atomic E-state index is 12.2. The maximum absolute atomic E-state index is 12.2. The van der Waals surface area contributed by atoms with Crippen molar-refractivity contribution in [2.45, 2.75) is 38.3 Å². The molecule has 0 heterocycles. The third-order valence-electron chi connectivity index (χ3n) is 3.79. The SMILES string of the molecule is CCC(NC(=O)CN(C)CC(=O)NC1CC1)c1ccc(Cl)cc1. The van der Waals surface area contributed by atoms with Crippen LogP contribution in [0.2, 0.25) is 5.02 Å². The average Bonchev–Trinajstić information content (AvgIpc) is 3.29. The molecule has 1 atom stereocenters. The Morgan fingerprint density at radius 1 is 1.22 bits per heavy atom. The van der Waals surface area contributed by atoms with E-state index in [1.807, 2.05) is 31.2 Å². The van der Waals surface area contributed by atoms with Crippen LogP contribution in [0.25, 0.3) is 0 Å². The number of hydrogen-bond donors (Lipinski definition) is 2. The van der Waals surface area contributed by atoms with E-state index in [2.05, 4.69) is 10.6 Å². The third-order valence-corrected chi connectivity index (χ3v) is 4.04. The second-order valence-electron chi connectivity index (χ2n) is 6.09. The van der Waals surface area contributed by atoms with Crippen LogP contribution in [0.3, 0.4) is 0 Å². The Morgan fingerprint density at radius 3 is 2.39 bits per heavy atom. The smallest absolute Gasteiger partial charge is 0.234 e. The number of nitrogens with one attached hydrogen (secondary N) is 2. The van der Waals surface area contributed by atoms with Crippen molar-refractivity contribution in [2.75, 3.05) is 20.1 Å². The number of likely N-dealkylation sites (N-methyl/N-ethyl adjacent to an activating group) is 1. The minimum absolute atomic E-state index is 0.0208. The number of benzene rings is 1. The molecule has 0 aliphatic heterocycles. The summed E-state index contributed by atoms with van der Waals surface area (Å²) in [6.07, 6.45) is 2.92. The zero-order valence-corrected chi connectivity index (χ0v) is 14.4. The zero-order chi connectivity index (χ0) is 16.8. The zero-order valence-electron chi connectivity index (χ0n) is 13.6. The molecule has 5 nitrogen and oxygen atoms in total. The molecule has 2 N–H and O–H groups in total. The third kappa shape index (κ3) is 6.20. The molecule has 6 heteroatoms. The van der Waals surface area contributed by atoms with E-state index >= 15 is 0 Å². The minimum atomic E-state index is -0.0893. The van der Waals surface area contributed by atoms with Gasteiger partial charge in [-0.05, 0) is 44.0 Å². The summed E-state index contributed by atoms with van der Waals surface area (Å²) in [5, 5.41) is 6.60. The van der Waals surface area contributed by atoms with Crippen LogP contribution >= 0.6 is 11.6 Å². The first-order valence-electron chi connectivity index (χ1n) is 8.00. The molecule has 0 spiro atoms. The van der Waals surface area contributed by atoms with E-state index in [-0.39, 0.29) is 30.9 Å². The lowest BCUT2D eigenvalue weighted by molar-refractivity contribution is -0.125. The van der Waals surface area contributed by atoms with Crippen LogP contribution in [-0.4, -0.2) is 42.9 Å². The Hall–Kier alpha value is -1.59.